The van der Waals surface area contributed by atoms with Gasteiger partial charge in [-0.3, -0.25) is 0 Å². The second kappa shape index (κ2) is 13.5. The Morgan fingerprint density at radius 3 is 2.16 bits per heavy atom. The van der Waals surface area contributed by atoms with Gasteiger partial charge in [-0.25, -0.2) is 9.59 Å². The molecule has 0 bridgehead atoms. The summed E-state index contributed by atoms with van der Waals surface area (Å²) in [5.74, 6) is -2.24. The second-order valence-corrected chi connectivity index (χ2v) is 9.31. The molecule has 0 aromatic carbocycles. The topological polar surface area (TPSA) is 52.6 Å². The fourth-order valence-corrected chi connectivity index (χ4v) is 3.88. The molecule has 0 unspecified atom stereocenters. The number of hydrogen-bond donors (Lipinski definition) is 0. The van der Waals surface area contributed by atoms with Gasteiger partial charge in [-0.05, 0) is 12.8 Å². The van der Waals surface area contributed by atoms with Gasteiger partial charge in [-0.1, -0.05) is 116 Å². The summed E-state index contributed by atoms with van der Waals surface area (Å²) in [6.07, 6.45) is 21.3. The molecular weight excluding hydrogens is 399 g/mol. The van der Waals surface area contributed by atoms with Crippen LogP contribution in [-0.4, -0.2) is 24.4 Å². The number of allylic oxidation sites excluding steroid dienone is 6. The number of esters is 2. The van der Waals surface area contributed by atoms with E-state index in [1.165, 1.54) is 37.5 Å². The Kier molecular flexibility index (Phi) is 11.8. The van der Waals surface area contributed by atoms with Crippen LogP contribution in [0.2, 0.25) is 13.1 Å². The first-order valence-electron chi connectivity index (χ1n) is 12.4. The van der Waals surface area contributed by atoms with Crippen LogP contribution in [0.4, 0.5) is 0 Å². The van der Waals surface area contributed by atoms with Crippen LogP contribution in [0.1, 0.15) is 86.0 Å². The smallest absolute Gasteiger partial charge is 0.348 e. The van der Waals surface area contributed by atoms with E-state index < -0.39 is 17.7 Å². The molecule has 1 spiro atoms. The molecule has 3 aliphatic rings. The van der Waals surface area contributed by atoms with Crippen LogP contribution in [0.3, 0.4) is 0 Å². The number of carbonyl (C=O) groups is 2. The standard InChI is InChI=1S/C16H27B.C9H10O4.C2H6/c1-5-6-7-8-14-17(4)15-10-9-12-16(2,3)13-11-15;1-6-7(10)12-9(13-8(6)11)4-2-3-5-9;1-2/h9-13H,5-8,14H2,1-4H3;1-5H2;1-2H3. The summed E-state index contributed by atoms with van der Waals surface area (Å²) in [5, 5.41) is 0. The van der Waals surface area contributed by atoms with Crippen LogP contribution in [0.25, 0.3) is 0 Å². The van der Waals surface area contributed by atoms with Crippen molar-refractivity contribution in [3.05, 3.63) is 48.0 Å². The Morgan fingerprint density at radius 2 is 1.59 bits per heavy atom. The third-order valence-corrected chi connectivity index (χ3v) is 6.00. The van der Waals surface area contributed by atoms with Crippen molar-refractivity contribution in [1.82, 2.24) is 0 Å². The minimum Gasteiger partial charge on any atom is -0.419 e. The maximum absolute atomic E-state index is 11.1. The number of unbranched alkanes of at least 4 members (excludes halogenated alkanes) is 3. The van der Waals surface area contributed by atoms with E-state index in [0.717, 1.165) is 12.8 Å². The largest absolute Gasteiger partial charge is 0.419 e. The predicted molar refractivity (Wildman–Crippen MR) is 135 cm³/mol. The van der Waals surface area contributed by atoms with Gasteiger partial charge in [0.1, 0.15) is 5.57 Å². The summed E-state index contributed by atoms with van der Waals surface area (Å²) in [5.41, 5.74) is 1.49. The molecule has 0 amide bonds. The molecule has 178 valence electrons. The van der Waals surface area contributed by atoms with Gasteiger partial charge >= 0.3 is 11.9 Å². The van der Waals surface area contributed by atoms with E-state index in [9.17, 15) is 9.59 Å². The molecule has 4 nitrogen and oxygen atoms in total. The SMILES string of the molecule is C=C1C(=O)OC2(CCCC2)OC1=O.CC.CCCCCCB(C)C1=CC=CC(C)(C)C=C1. The Morgan fingerprint density at radius 1 is 1.00 bits per heavy atom. The number of ether oxygens (including phenoxy) is 2. The molecule has 32 heavy (non-hydrogen) atoms. The van der Waals surface area contributed by atoms with Crippen molar-refractivity contribution in [2.75, 3.05) is 0 Å². The maximum atomic E-state index is 11.1. The summed E-state index contributed by atoms with van der Waals surface area (Å²) in [7, 11) is 0. The minimum absolute atomic E-state index is 0.209. The first-order chi connectivity index (χ1) is 15.2. The van der Waals surface area contributed by atoms with Gasteiger partial charge in [0.15, 0.2) is 6.71 Å². The molecule has 5 heteroatoms. The third kappa shape index (κ3) is 8.84. The highest BCUT2D eigenvalue weighted by Crippen LogP contribution is 2.37. The zero-order valence-corrected chi connectivity index (χ0v) is 21.2. The number of rotatable bonds is 6. The molecule has 1 saturated carbocycles. The van der Waals surface area contributed by atoms with E-state index in [-0.39, 0.29) is 11.0 Å². The molecule has 3 rings (SSSR count). The van der Waals surface area contributed by atoms with E-state index in [1.807, 2.05) is 13.8 Å². The number of carbonyl (C=O) groups excluding carboxylic acids is 2. The lowest BCUT2D eigenvalue weighted by Crippen LogP contribution is -2.44. The lowest BCUT2D eigenvalue weighted by molar-refractivity contribution is -0.232. The maximum Gasteiger partial charge on any atom is 0.348 e. The van der Waals surface area contributed by atoms with Gasteiger partial charge in [0, 0.05) is 18.3 Å². The van der Waals surface area contributed by atoms with E-state index in [0.29, 0.717) is 19.6 Å². The normalized spacial score (nSPS) is 20.2. The molecule has 1 saturated heterocycles. The molecule has 1 aliphatic heterocycles. The summed E-state index contributed by atoms with van der Waals surface area (Å²) in [6, 6.07) is 0. The minimum atomic E-state index is -0.963. The Hall–Kier alpha value is -2.04. The first kappa shape index (κ1) is 28.0. The summed E-state index contributed by atoms with van der Waals surface area (Å²) >= 11 is 0. The van der Waals surface area contributed by atoms with Crippen molar-refractivity contribution in [1.29, 1.82) is 0 Å². The van der Waals surface area contributed by atoms with E-state index in [4.69, 9.17) is 9.47 Å². The molecule has 0 radical (unpaired) electrons. The van der Waals surface area contributed by atoms with Gasteiger partial charge < -0.3 is 9.47 Å². The van der Waals surface area contributed by atoms with Crippen molar-refractivity contribution < 1.29 is 19.1 Å². The molecule has 0 atom stereocenters. The van der Waals surface area contributed by atoms with Crippen LogP contribution in [-0.2, 0) is 19.1 Å². The highest BCUT2D eigenvalue weighted by atomic mass is 16.7. The van der Waals surface area contributed by atoms with Crippen molar-refractivity contribution >= 4 is 18.7 Å². The van der Waals surface area contributed by atoms with Crippen LogP contribution in [0.15, 0.2) is 48.0 Å². The third-order valence-electron chi connectivity index (χ3n) is 6.00. The molecule has 0 aromatic rings. The molecule has 0 N–H and O–H groups in total. The van der Waals surface area contributed by atoms with E-state index in [1.54, 1.807) is 0 Å². The fraction of sp³-hybridized carbons (Fsp3) is 0.630. The highest BCUT2D eigenvalue weighted by Gasteiger charge is 2.47. The fourth-order valence-electron chi connectivity index (χ4n) is 3.88. The average Bonchev–Trinajstić information content (AvgIpc) is 3.12. The molecule has 1 heterocycles. The Labute approximate surface area is 196 Å². The van der Waals surface area contributed by atoms with Crippen molar-refractivity contribution in [3.63, 3.8) is 0 Å². The van der Waals surface area contributed by atoms with Gasteiger partial charge in [-0.2, -0.15) is 0 Å². The highest BCUT2D eigenvalue weighted by molar-refractivity contribution is 6.66. The molecule has 2 fully saturated rings. The van der Waals surface area contributed by atoms with Gasteiger partial charge in [0.25, 0.3) is 5.79 Å². The van der Waals surface area contributed by atoms with Crippen LogP contribution < -0.4 is 0 Å². The van der Waals surface area contributed by atoms with Crippen molar-refractivity contribution in [2.45, 2.75) is 105 Å². The second-order valence-electron chi connectivity index (χ2n) is 9.31. The lowest BCUT2D eigenvalue weighted by atomic mass is 9.43. The average molecular weight is 442 g/mol. The van der Waals surface area contributed by atoms with Gasteiger partial charge in [0.05, 0.1) is 0 Å². The predicted octanol–water partition coefficient (Wildman–Crippen LogP) is 7.25. The molecular formula is C27H43BO4. The quantitative estimate of drug-likeness (QED) is 0.143. The van der Waals surface area contributed by atoms with Crippen molar-refractivity contribution in [2.24, 2.45) is 5.41 Å². The Bertz CT molecular complexity index is 702. The molecule has 0 aromatic heterocycles. The first-order valence-corrected chi connectivity index (χ1v) is 12.4. The lowest BCUT2D eigenvalue weighted by Gasteiger charge is -2.32. The zero-order chi connectivity index (χ0) is 24.2. The summed E-state index contributed by atoms with van der Waals surface area (Å²) in [4.78, 5) is 22.3. The Balaban J connectivity index is 0.000000305. The van der Waals surface area contributed by atoms with E-state index >= 15 is 0 Å². The van der Waals surface area contributed by atoms with Gasteiger partial charge in [-0.15, -0.1) is 0 Å². The zero-order valence-electron chi connectivity index (χ0n) is 21.2. The van der Waals surface area contributed by atoms with Crippen LogP contribution >= 0.6 is 0 Å². The number of hydrogen-bond acceptors (Lipinski definition) is 4. The summed E-state index contributed by atoms with van der Waals surface area (Å²) in [6.45, 7) is 17.1. The summed E-state index contributed by atoms with van der Waals surface area (Å²) < 4.78 is 10.1. The van der Waals surface area contributed by atoms with Crippen LogP contribution in [0, 0.1) is 5.41 Å². The molecule has 2 aliphatic carbocycles. The van der Waals surface area contributed by atoms with Gasteiger partial charge in [0.2, 0.25) is 0 Å². The van der Waals surface area contributed by atoms with E-state index in [2.05, 4.69) is 64.6 Å². The van der Waals surface area contributed by atoms with Crippen molar-refractivity contribution in [3.8, 4) is 0 Å². The van der Waals surface area contributed by atoms with Crippen LogP contribution in [0.5, 0.6) is 0 Å². The monoisotopic (exact) mass is 442 g/mol.